The van der Waals surface area contributed by atoms with Crippen LogP contribution in [0.5, 0.6) is 5.75 Å². The molecule has 2 aromatic rings. The second-order valence-electron chi connectivity index (χ2n) is 5.57. The standard InChI is InChI=1S/C15H17O2PSi/c1-19(2,3)17-18-15-11-7-5-9-13(15)12-8-4-6-10-14(12)16-18/h4-11H,1-3H3. The highest BCUT2D eigenvalue weighted by Crippen LogP contribution is 2.50. The van der Waals surface area contributed by atoms with Gasteiger partial charge in [-0.25, -0.2) is 0 Å². The van der Waals surface area contributed by atoms with Crippen molar-refractivity contribution in [1.29, 1.82) is 0 Å². The first kappa shape index (κ1) is 12.9. The molecule has 98 valence electrons. The van der Waals surface area contributed by atoms with Crippen molar-refractivity contribution in [1.82, 2.24) is 0 Å². The van der Waals surface area contributed by atoms with Gasteiger partial charge in [0, 0.05) is 10.9 Å². The Labute approximate surface area is 116 Å². The fraction of sp³-hybridized carbons (Fsp3) is 0.200. The molecule has 0 aromatic heterocycles. The lowest BCUT2D eigenvalue weighted by Gasteiger charge is -2.31. The molecule has 1 atom stereocenters. The van der Waals surface area contributed by atoms with Gasteiger partial charge in [-0.15, -0.1) is 0 Å². The first-order valence-corrected chi connectivity index (χ1v) is 11.0. The highest BCUT2D eigenvalue weighted by Gasteiger charge is 2.31. The zero-order valence-corrected chi connectivity index (χ0v) is 13.3. The molecule has 1 aliphatic heterocycles. The molecule has 0 N–H and O–H groups in total. The van der Waals surface area contributed by atoms with Gasteiger partial charge in [-0.05, 0) is 37.3 Å². The van der Waals surface area contributed by atoms with E-state index in [0.717, 1.165) is 11.3 Å². The molecule has 4 heteroatoms. The van der Waals surface area contributed by atoms with Crippen LogP contribution in [0.25, 0.3) is 11.1 Å². The SMILES string of the molecule is C[Si](C)(C)OP1Oc2ccccc2-c2ccccc21. The van der Waals surface area contributed by atoms with E-state index in [1.165, 1.54) is 10.9 Å². The van der Waals surface area contributed by atoms with Crippen LogP contribution in [0, 0.1) is 0 Å². The summed E-state index contributed by atoms with van der Waals surface area (Å²) >= 11 is 0. The lowest BCUT2D eigenvalue weighted by Crippen LogP contribution is -2.28. The van der Waals surface area contributed by atoms with Gasteiger partial charge in [0.1, 0.15) is 5.75 Å². The van der Waals surface area contributed by atoms with Crippen LogP contribution < -0.4 is 9.83 Å². The first-order chi connectivity index (χ1) is 9.04. The largest absolute Gasteiger partial charge is 0.444 e. The molecule has 2 aromatic carbocycles. The van der Waals surface area contributed by atoms with E-state index < -0.39 is 16.7 Å². The van der Waals surface area contributed by atoms with E-state index in [0.29, 0.717) is 0 Å². The topological polar surface area (TPSA) is 18.5 Å². The minimum atomic E-state index is -1.63. The van der Waals surface area contributed by atoms with Crippen LogP contribution >= 0.6 is 8.38 Å². The molecule has 0 aliphatic carbocycles. The van der Waals surface area contributed by atoms with E-state index in [2.05, 4.69) is 50.0 Å². The summed E-state index contributed by atoms with van der Waals surface area (Å²) in [4.78, 5) is 0. The first-order valence-electron chi connectivity index (χ1n) is 6.40. The van der Waals surface area contributed by atoms with Crippen LogP contribution in [-0.2, 0) is 4.21 Å². The Hall–Kier alpha value is -1.15. The molecule has 0 amide bonds. The van der Waals surface area contributed by atoms with Gasteiger partial charge in [-0.2, -0.15) is 0 Å². The van der Waals surface area contributed by atoms with Crippen molar-refractivity contribution in [2.24, 2.45) is 0 Å². The zero-order chi connectivity index (χ0) is 13.5. The van der Waals surface area contributed by atoms with E-state index >= 15 is 0 Å². The third-order valence-corrected chi connectivity index (χ3v) is 6.82. The van der Waals surface area contributed by atoms with Crippen LogP contribution in [0.3, 0.4) is 0 Å². The number of fused-ring (bicyclic) bond motifs is 3. The Bertz CT molecular complexity index is 607. The maximum atomic E-state index is 6.24. The molecule has 2 nitrogen and oxygen atoms in total. The van der Waals surface area contributed by atoms with E-state index in [-0.39, 0.29) is 0 Å². The minimum absolute atomic E-state index is 0.936. The van der Waals surface area contributed by atoms with Gasteiger partial charge in [0.05, 0.1) is 0 Å². The highest BCUT2D eigenvalue weighted by atomic mass is 31.2. The molecule has 19 heavy (non-hydrogen) atoms. The number of benzene rings is 2. The summed E-state index contributed by atoms with van der Waals surface area (Å²) in [5.74, 6) is 0.936. The summed E-state index contributed by atoms with van der Waals surface area (Å²) in [5, 5.41) is 1.19. The minimum Gasteiger partial charge on any atom is -0.444 e. The zero-order valence-electron chi connectivity index (χ0n) is 11.4. The predicted molar refractivity (Wildman–Crippen MR) is 83.5 cm³/mol. The third-order valence-electron chi connectivity index (χ3n) is 2.82. The second kappa shape index (κ2) is 4.75. The molecule has 0 saturated carbocycles. The Kier molecular flexibility index (Phi) is 3.21. The van der Waals surface area contributed by atoms with E-state index in [4.69, 9.17) is 8.74 Å². The van der Waals surface area contributed by atoms with Crippen LogP contribution in [0.1, 0.15) is 0 Å². The lowest BCUT2D eigenvalue weighted by atomic mass is 10.0. The number of para-hydroxylation sites is 1. The van der Waals surface area contributed by atoms with Crippen molar-refractivity contribution in [3.63, 3.8) is 0 Å². The summed E-state index contributed by atoms with van der Waals surface area (Å²) in [6.07, 6.45) is 0. The van der Waals surface area contributed by atoms with Gasteiger partial charge < -0.3 is 8.74 Å². The molecule has 0 bridgehead atoms. The van der Waals surface area contributed by atoms with Crippen LogP contribution in [0.2, 0.25) is 19.6 Å². The Morgan fingerprint density at radius 1 is 0.895 bits per heavy atom. The fourth-order valence-electron chi connectivity index (χ4n) is 2.08. The van der Waals surface area contributed by atoms with Crippen molar-refractivity contribution < 1.29 is 8.74 Å². The smallest absolute Gasteiger partial charge is 0.255 e. The summed E-state index contributed by atoms with van der Waals surface area (Å²) < 4.78 is 12.4. The number of hydrogen-bond acceptors (Lipinski definition) is 2. The average molecular weight is 288 g/mol. The average Bonchev–Trinajstić information content (AvgIpc) is 2.37. The van der Waals surface area contributed by atoms with Crippen molar-refractivity contribution in [2.75, 3.05) is 0 Å². The maximum Gasteiger partial charge on any atom is 0.255 e. The summed E-state index contributed by atoms with van der Waals surface area (Å²) in [6, 6.07) is 16.6. The Morgan fingerprint density at radius 3 is 2.26 bits per heavy atom. The number of rotatable bonds is 2. The molecule has 0 spiro atoms. The van der Waals surface area contributed by atoms with Crippen LogP contribution in [0.4, 0.5) is 0 Å². The molecular formula is C15H17O2PSi. The van der Waals surface area contributed by atoms with E-state index in [9.17, 15) is 0 Å². The van der Waals surface area contributed by atoms with E-state index in [1.807, 2.05) is 18.2 Å². The van der Waals surface area contributed by atoms with Crippen molar-refractivity contribution in [2.45, 2.75) is 19.6 Å². The van der Waals surface area contributed by atoms with Gasteiger partial charge in [-0.3, -0.25) is 0 Å². The summed E-state index contributed by atoms with van der Waals surface area (Å²) in [7, 11) is -2.63. The van der Waals surface area contributed by atoms with Crippen LogP contribution in [0.15, 0.2) is 48.5 Å². The number of hydrogen-bond donors (Lipinski definition) is 0. The Morgan fingerprint density at radius 2 is 1.53 bits per heavy atom. The summed E-state index contributed by atoms with van der Waals surface area (Å²) in [6.45, 7) is 6.59. The summed E-state index contributed by atoms with van der Waals surface area (Å²) in [5.41, 5.74) is 2.41. The van der Waals surface area contributed by atoms with Crippen LogP contribution in [-0.4, -0.2) is 8.32 Å². The normalized spacial score (nSPS) is 17.3. The van der Waals surface area contributed by atoms with Gasteiger partial charge in [0.25, 0.3) is 8.38 Å². The van der Waals surface area contributed by atoms with Gasteiger partial charge in [0.15, 0.2) is 8.32 Å². The maximum absolute atomic E-state index is 6.24. The molecule has 1 aliphatic rings. The monoisotopic (exact) mass is 288 g/mol. The quantitative estimate of drug-likeness (QED) is 0.597. The second-order valence-corrected chi connectivity index (χ2v) is 11.7. The molecular weight excluding hydrogens is 271 g/mol. The Balaban J connectivity index is 2.09. The van der Waals surface area contributed by atoms with Gasteiger partial charge >= 0.3 is 0 Å². The molecule has 0 saturated heterocycles. The van der Waals surface area contributed by atoms with Crippen molar-refractivity contribution in [3.8, 4) is 16.9 Å². The molecule has 1 unspecified atom stereocenters. The molecule has 1 heterocycles. The predicted octanol–water partition coefficient (Wildman–Crippen LogP) is 4.53. The third kappa shape index (κ3) is 2.59. The fourth-order valence-corrected chi connectivity index (χ4v) is 5.65. The van der Waals surface area contributed by atoms with Crippen molar-refractivity contribution in [3.05, 3.63) is 48.5 Å². The molecule has 3 rings (SSSR count). The lowest BCUT2D eigenvalue weighted by molar-refractivity contribution is 0.500. The highest BCUT2D eigenvalue weighted by molar-refractivity contribution is 7.58. The van der Waals surface area contributed by atoms with E-state index in [1.54, 1.807) is 0 Å². The van der Waals surface area contributed by atoms with Gasteiger partial charge in [0.2, 0.25) is 0 Å². The van der Waals surface area contributed by atoms with Gasteiger partial charge in [-0.1, -0.05) is 36.4 Å². The molecule has 0 radical (unpaired) electrons. The molecule has 0 fully saturated rings. The van der Waals surface area contributed by atoms with Crippen molar-refractivity contribution >= 4 is 22.0 Å².